The normalized spacial score (nSPS) is 11.7. The Hall–Kier alpha value is -1.69. The second kappa shape index (κ2) is 4.44. The number of nitrogens with one attached hydrogen (secondary N) is 1. The van der Waals surface area contributed by atoms with Crippen molar-refractivity contribution in [3.05, 3.63) is 34.8 Å². The van der Waals surface area contributed by atoms with Crippen LogP contribution >= 0.6 is 12.2 Å². The fourth-order valence-corrected chi connectivity index (χ4v) is 1.45. The smallest absolute Gasteiger partial charge is 0.216 e. The van der Waals surface area contributed by atoms with Crippen LogP contribution in [0.4, 0.5) is 0 Å². The van der Waals surface area contributed by atoms with Gasteiger partial charge in [0, 0.05) is 5.92 Å². The minimum atomic E-state index is 0.252. The summed E-state index contributed by atoms with van der Waals surface area (Å²) in [6.45, 7) is 4.06. The Morgan fingerprint density at radius 3 is 3.06 bits per heavy atom. The van der Waals surface area contributed by atoms with Gasteiger partial charge in [0.2, 0.25) is 4.77 Å². The minimum Gasteiger partial charge on any atom is -0.463 e. The maximum atomic E-state index is 5.14. The van der Waals surface area contributed by atoms with Gasteiger partial charge >= 0.3 is 0 Å². The standard InChI is InChI=1S/C10H12N4OS/c1-7(2)9-12-13-10(16)14(9)11-6-8-4-3-5-15-8/h3-7H,1-2H3,(H,13,16)/b11-6+. The maximum Gasteiger partial charge on any atom is 0.216 e. The molecular weight excluding hydrogens is 224 g/mol. The van der Waals surface area contributed by atoms with Crippen molar-refractivity contribution in [2.45, 2.75) is 19.8 Å². The summed E-state index contributed by atoms with van der Waals surface area (Å²) in [6, 6.07) is 3.63. The lowest BCUT2D eigenvalue weighted by atomic mass is 10.2. The van der Waals surface area contributed by atoms with Crippen molar-refractivity contribution >= 4 is 18.4 Å². The molecule has 2 aromatic heterocycles. The lowest BCUT2D eigenvalue weighted by molar-refractivity contribution is 0.559. The number of H-pyrrole nitrogens is 1. The van der Waals surface area contributed by atoms with Gasteiger partial charge in [0.25, 0.3) is 0 Å². The molecule has 2 rings (SSSR count). The lowest BCUT2D eigenvalue weighted by Gasteiger charge is -2.01. The van der Waals surface area contributed by atoms with Crippen molar-refractivity contribution in [3.8, 4) is 0 Å². The summed E-state index contributed by atoms with van der Waals surface area (Å²) in [7, 11) is 0. The second-order valence-corrected chi connectivity index (χ2v) is 4.00. The van der Waals surface area contributed by atoms with Crippen molar-refractivity contribution < 1.29 is 4.42 Å². The largest absolute Gasteiger partial charge is 0.463 e. The molecule has 0 saturated carbocycles. The van der Waals surface area contributed by atoms with Gasteiger partial charge in [-0.15, -0.1) is 0 Å². The predicted octanol–water partition coefficient (Wildman–Crippen LogP) is 2.54. The topological polar surface area (TPSA) is 59.1 Å². The number of hydrogen-bond donors (Lipinski definition) is 1. The van der Waals surface area contributed by atoms with Crippen LogP contribution in [0.1, 0.15) is 31.4 Å². The first-order chi connectivity index (χ1) is 7.68. The zero-order chi connectivity index (χ0) is 11.5. The molecule has 0 saturated heterocycles. The van der Waals surface area contributed by atoms with E-state index in [0.717, 1.165) is 5.82 Å². The van der Waals surface area contributed by atoms with Gasteiger partial charge < -0.3 is 4.42 Å². The van der Waals surface area contributed by atoms with Crippen LogP contribution in [-0.4, -0.2) is 21.1 Å². The van der Waals surface area contributed by atoms with Crippen molar-refractivity contribution in [1.82, 2.24) is 14.9 Å². The average Bonchev–Trinajstić information content (AvgIpc) is 2.84. The Balaban J connectivity index is 2.34. The number of rotatable bonds is 3. The minimum absolute atomic E-state index is 0.252. The third-order valence-electron chi connectivity index (χ3n) is 2.04. The highest BCUT2D eigenvalue weighted by atomic mass is 32.1. The molecule has 0 aliphatic carbocycles. The highest BCUT2D eigenvalue weighted by Gasteiger charge is 2.08. The van der Waals surface area contributed by atoms with E-state index >= 15 is 0 Å². The second-order valence-electron chi connectivity index (χ2n) is 3.61. The van der Waals surface area contributed by atoms with E-state index in [9.17, 15) is 0 Å². The van der Waals surface area contributed by atoms with Crippen LogP contribution in [0, 0.1) is 4.77 Å². The third kappa shape index (κ3) is 2.11. The van der Waals surface area contributed by atoms with E-state index in [1.807, 2.05) is 19.9 Å². The van der Waals surface area contributed by atoms with Crippen LogP contribution in [0.25, 0.3) is 0 Å². The molecule has 0 unspecified atom stereocenters. The summed E-state index contributed by atoms with van der Waals surface area (Å²) in [6.07, 6.45) is 3.20. The molecule has 0 fully saturated rings. The van der Waals surface area contributed by atoms with Crippen LogP contribution in [0.5, 0.6) is 0 Å². The van der Waals surface area contributed by atoms with Crippen LogP contribution in [-0.2, 0) is 0 Å². The van der Waals surface area contributed by atoms with Gasteiger partial charge in [0.15, 0.2) is 5.82 Å². The number of hydrogen-bond acceptors (Lipinski definition) is 4. The van der Waals surface area contributed by atoms with Crippen molar-refractivity contribution in [3.63, 3.8) is 0 Å². The average molecular weight is 236 g/mol. The number of aromatic amines is 1. The highest BCUT2D eigenvalue weighted by molar-refractivity contribution is 7.71. The molecule has 0 amide bonds. The Labute approximate surface area is 97.8 Å². The molecule has 0 spiro atoms. The molecule has 2 aromatic rings. The number of aromatic nitrogens is 3. The van der Waals surface area contributed by atoms with E-state index in [1.165, 1.54) is 0 Å². The maximum absolute atomic E-state index is 5.14. The quantitative estimate of drug-likeness (QED) is 0.658. The van der Waals surface area contributed by atoms with Crippen LogP contribution in [0.2, 0.25) is 0 Å². The molecule has 0 bridgehead atoms. The van der Waals surface area contributed by atoms with Crippen molar-refractivity contribution in [1.29, 1.82) is 0 Å². The van der Waals surface area contributed by atoms with Crippen molar-refractivity contribution in [2.75, 3.05) is 0 Å². The first-order valence-corrected chi connectivity index (χ1v) is 5.34. The van der Waals surface area contributed by atoms with Gasteiger partial charge in [0.05, 0.1) is 12.5 Å². The molecule has 0 aliphatic heterocycles. The van der Waals surface area contributed by atoms with Gasteiger partial charge in [0.1, 0.15) is 5.76 Å². The van der Waals surface area contributed by atoms with E-state index in [1.54, 1.807) is 23.2 Å². The third-order valence-corrected chi connectivity index (χ3v) is 2.30. The van der Waals surface area contributed by atoms with Gasteiger partial charge in [-0.1, -0.05) is 13.8 Å². The van der Waals surface area contributed by atoms with E-state index in [4.69, 9.17) is 16.6 Å². The van der Waals surface area contributed by atoms with Crippen LogP contribution in [0.15, 0.2) is 27.9 Å². The summed E-state index contributed by atoms with van der Waals surface area (Å²) in [4.78, 5) is 0. The van der Waals surface area contributed by atoms with Gasteiger partial charge in [-0.3, -0.25) is 5.10 Å². The Bertz CT molecular complexity index is 535. The fraction of sp³-hybridized carbons (Fsp3) is 0.300. The molecule has 5 nitrogen and oxygen atoms in total. The van der Waals surface area contributed by atoms with Gasteiger partial charge in [-0.2, -0.15) is 14.9 Å². The van der Waals surface area contributed by atoms with E-state index < -0.39 is 0 Å². The molecule has 0 aromatic carbocycles. The number of furan rings is 1. The molecule has 84 valence electrons. The molecule has 16 heavy (non-hydrogen) atoms. The molecule has 2 heterocycles. The lowest BCUT2D eigenvalue weighted by Crippen LogP contribution is -2.00. The molecule has 0 atom stereocenters. The summed E-state index contributed by atoms with van der Waals surface area (Å²) in [5.41, 5.74) is 0. The van der Waals surface area contributed by atoms with Crippen LogP contribution < -0.4 is 0 Å². The highest BCUT2D eigenvalue weighted by Crippen LogP contribution is 2.11. The van der Waals surface area contributed by atoms with Crippen molar-refractivity contribution in [2.24, 2.45) is 5.10 Å². The molecule has 0 radical (unpaired) electrons. The van der Waals surface area contributed by atoms with E-state index in [2.05, 4.69) is 15.3 Å². The van der Waals surface area contributed by atoms with Gasteiger partial charge in [-0.05, 0) is 24.4 Å². The SMILES string of the molecule is CC(C)c1n[nH]c(=S)n1/N=C/c1ccco1. The zero-order valence-corrected chi connectivity index (χ0v) is 9.86. The molecule has 0 aliphatic rings. The Kier molecular flexibility index (Phi) is 3.00. The molecule has 6 heteroatoms. The molecular formula is C10H12N4OS. The summed E-state index contributed by atoms with van der Waals surface area (Å²) in [5.74, 6) is 1.73. The Morgan fingerprint density at radius 2 is 2.44 bits per heavy atom. The molecule has 1 N–H and O–H groups in total. The van der Waals surface area contributed by atoms with Crippen LogP contribution in [0.3, 0.4) is 0 Å². The fourth-order valence-electron chi connectivity index (χ4n) is 1.27. The van der Waals surface area contributed by atoms with E-state index in [0.29, 0.717) is 10.5 Å². The first-order valence-electron chi connectivity index (χ1n) is 4.93. The van der Waals surface area contributed by atoms with Gasteiger partial charge in [-0.25, -0.2) is 0 Å². The summed E-state index contributed by atoms with van der Waals surface area (Å²) >= 11 is 5.09. The predicted molar refractivity (Wildman–Crippen MR) is 63.2 cm³/mol. The summed E-state index contributed by atoms with van der Waals surface area (Å²) in [5, 5.41) is 11.1. The van der Waals surface area contributed by atoms with E-state index in [-0.39, 0.29) is 5.92 Å². The first kappa shape index (κ1) is 10.8. The zero-order valence-electron chi connectivity index (χ0n) is 9.04. The Morgan fingerprint density at radius 1 is 1.62 bits per heavy atom. The summed E-state index contributed by atoms with van der Waals surface area (Å²) < 4.78 is 7.22. The monoisotopic (exact) mass is 236 g/mol. The number of nitrogens with zero attached hydrogens (tertiary/aromatic N) is 3.